The Labute approximate surface area is 201 Å². The molecule has 3 aromatic rings. The Morgan fingerprint density at radius 2 is 1.63 bits per heavy atom. The number of morpholine rings is 1. The van der Waals surface area contributed by atoms with Gasteiger partial charge in [-0.15, -0.1) is 0 Å². The Balaban J connectivity index is 1.38. The summed E-state index contributed by atoms with van der Waals surface area (Å²) in [5.41, 5.74) is 1.57. The van der Waals surface area contributed by atoms with Crippen LogP contribution in [0, 0.1) is 17.0 Å². The summed E-state index contributed by atoms with van der Waals surface area (Å²) in [4.78, 5) is 24.3. The number of carbonyl (C=O) groups excluding carboxylic acids is 1. The van der Waals surface area contributed by atoms with Crippen LogP contribution >= 0.6 is 0 Å². The second-order valence-electron chi connectivity index (χ2n) is 7.84. The molecule has 4 rings (SSSR count). The van der Waals surface area contributed by atoms with Crippen LogP contribution in [0.2, 0.25) is 0 Å². The summed E-state index contributed by atoms with van der Waals surface area (Å²) >= 11 is 0. The average molecular weight is 499 g/mol. The van der Waals surface area contributed by atoms with Gasteiger partial charge in [0.1, 0.15) is 22.5 Å². The molecule has 35 heavy (non-hydrogen) atoms. The lowest BCUT2D eigenvalue weighted by molar-refractivity contribution is -0.384. The molecule has 1 fully saturated rings. The zero-order chi connectivity index (χ0) is 25.0. The molecule has 1 aliphatic heterocycles. The van der Waals surface area contributed by atoms with Crippen molar-refractivity contribution in [3.63, 3.8) is 0 Å². The minimum absolute atomic E-state index is 0.0602. The van der Waals surface area contributed by atoms with E-state index in [2.05, 4.69) is 0 Å². The molecule has 0 unspecified atom stereocenters. The van der Waals surface area contributed by atoms with Gasteiger partial charge in [0.2, 0.25) is 0 Å². The van der Waals surface area contributed by atoms with E-state index in [4.69, 9.17) is 13.7 Å². The Morgan fingerprint density at radius 3 is 2.26 bits per heavy atom. The van der Waals surface area contributed by atoms with Gasteiger partial charge in [-0.05, 0) is 48.9 Å². The minimum Gasteiger partial charge on any atom is -0.410 e. The van der Waals surface area contributed by atoms with Crippen LogP contribution in [0.1, 0.15) is 17.2 Å². The van der Waals surface area contributed by atoms with E-state index >= 15 is 0 Å². The van der Waals surface area contributed by atoms with Crippen LogP contribution in [-0.4, -0.2) is 44.0 Å². The van der Waals surface area contributed by atoms with Crippen molar-refractivity contribution in [2.24, 2.45) is 0 Å². The smallest absolute Gasteiger partial charge is 0.410 e. The molecule has 0 bridgehead atoms. The normalized spacial score (nSPS) is 15.9. The number of benzene rings is 3. The number of aryl methyl sites for hydroxylation is 1. The average Bonchev–Trinajstić information content (AvgIpc) is 2.85. The van der Waals surface area contributed by atoms with E-state index < -0.39 is 27.2 Å². The van der Waals surface area contributed by atoms with Gasteiger partial charge in [-0.25, -0.2) is 4.79 Å². The molecule has 11 heteroatoms. The molecule has 1 heterocycles. The van der Waals surface area contributed by atoms with Gasteiger partial charge in [-0.2, -0.15) is 8.42 Å². The third-order valence-corrected chi connectivity index (χ3v) is 6.61. The van der Waals surface area contributed by atoms with Gasteiger partial charge >= 0.3 is 16.2 Å². The molecule has 1 amide bonds. The molecule has 1 saturated heterocycles. The second kappa shape index (κ2) is 10.1. The number of ether oxygens (including phenoxy) is 2. The molecular formula is C24H22N2O8S. The second-order valence-corrected chi connectivity index (χ2v) is 9.39. The van der Waals surface area contributed by atoms with E-state index in [0.717, 1.165) is 11.1 Å². The third kappa shape index (κ3) is 5.94. The maximum atomic E-state index is 12.6. The summed E-state index contributed by atoms with van der Waals surface area (Å²) in [5, 5.41) is 10.8. The van der Waals surface area contributed by atoms with E-state index in [9.17, 15) is 23.3 Å². The van der Waals surface area contributed by atoms with Crippen molar-refractivity contribution in [2.75, 3.05) is 19.7 Å². The van der Waals surface area contributed by atoms with Gasteiger partial charge in [0.25, 0.3) is 5.69 Å². The predicted molar refractivity (Wildman–Crippen MR) is 125 cm³/mol. The highest BCUT2D eigenvalue weighted by Gasteiger charge is 2.27. The topological polar surface area (TPSA) is 125 Å². The summed E-state index contributed by atoms with van der Waals surface area (Å²) in [6, 6.07) is 18.0. The molecular weight excluding hydrogens is 476 g/mol. The van der Waals surface area contributed by atoms with Gasteiger partial charge in [-0.1, -0.05) is 29.8 Å². The lowest BCUT2D eigenvalue weighted by Crippen LogP contribution is -2.43. The van der Waals surface area contributed by atoms with E-state index in [-0.39, 0.29) is 35.2 Å². The summed E-state index contributed by atoms with van der Waals surface area (Å²) in [6.07, 6.45) is -1.05. The first-order valence-corrected chi connectivity index (χ1v) is 12.1. The number of non-ortho nitro benzene ring substituents is 1. The van der Waals surface area contributed by atoms with E-state index in [1.54, 1.807) is 24.3 Å². The highest BCUT2D eigenvalue weighted by atomic mass is 32.2. The lowest BCUT2D eigenvalue weighted by Gasteiger charge is -2.32. The standard InChI is InChI=1S/C24H22N2O8S/c1-17-2-12-22(13-3-17)35(30,31)34-21-8-4-18(5-9-21)23-16-25(14-15-32-23)24(27)33-20-10-6-19(7-11-20)26(28)29/h2-13,23H,14-16H2,1H3/t23-/m1/s1. The van der Waals surface area contributed by atoms with Gasteiger partial charge in [-0.3, -0.25) is 10.1 Å². The molecule has 0 aliphatic carbocycles. The Kier molecular flexibility index (Phi) is 6.99. The number of carbonyl (C=O) groups is 1. The fourth-order valence-corrected chi connectivity index (χ4v) is 4.37. The highest BCUT2D eigenvalue weighted by Crippen LogP contribution is 2.27. The van der Waals surface area contributed by atoms with Gasteiger partial charge in [0, 0.05) is 18.7 Å². The fraction of sp³-hybridized carbons (Fsp3) is 0.208. The maximum absolute atomic E-state index is 12.6. The number of nitro groups is 1. The van der Waals surface area contributed by atoms with Crippen LogP contribution in [0.4, 0.5) is 10.5 Å². The molecule has 1 aliphatic rings. The Hall–Kier alpha value is -3.96. The zero-order valence-electron chi connectivity index (χ0n) is 18.7. The quantitative estimate of drug-likeness (QED) is 0.281. The zero-order valence-corrected chi connectivity index (χ0v) is 19.5. The van der Waals surface area contributed by atoms with Crippen LogP contribution in [0.5, 0.6) is 11.5 Å². The van der Waals surface area contributed by atoms with Gasteiger partial charge in [0.15, 0.2) is 0 Å². The third-order valence-electron chi connectivity index (χ3n) is 5.34. The summed E-state index contributed by atoms with van der Waals surface area (Å²) < 4.78 is 41.3. The monoisotopic (exact) mass is 498 g/mol. The van der Waals surface area contributed by atoms with Gasteiger partial charge in [0.05, 0.1) is 18.1 Å². The number of hydrogen-bond donors (Lipinski definition) is 0. The first-order chi connectivity index (χ1) is 16.7. The van der Waals surface area contributed by atoms with Crippen LogP contribution in [0.15, 0.2) is 77.7 Å². The van der Waals surface area contributed by atoms with Crippen molar-refractivity contribution in [2.45, 2.75) is 17.9 Å². The molecule has 1 atom stereocenters. The first-order valence-electron chi connectivity index (χ1n) is 10.7. The summed E-state index contributed by atoms with van der Waals surface area (Å²) in [6.45, 7) is 2.67. The fourth-order valence-electron chi connectivity index (χ4n) is 3.44. The van der Waals surface area contributed by atoms with Crippen molar-refractivity contribution in [3.05, 3.63) is 94.0 Å². The number of rotatable bonds is 6. The lowest BCUT2D eigenvalue weighted by atomic mass is 10.1. The molecule has 3 aromatic carbocycles. The molecule has 0 spiro atoms. The Morgan fingerprint density at radius 1 is 1.00 bits per heavy atom. The van der Waals surface area contributed by atoms with E-state index in [1.165, 1.54) is 53.4 Å². The maximum Gasteiger partial charge on any atom is 0.415 e. The number of amides is 1. The van der Waals surface area contributed by atoms with Crippen molar-refractivity contribution in [1.82, 2.24) is 4.90 Å². The molecule has 0 saturated carbocycles. The molecule has 0 N–H and O–H groups in total. The first kappa shape index (κ1) is 24.2. The number of nitro benzene ring substituents is 1. The van der Waals surface area contributed by atoms with Gasteiger partial charge < -0.3 is 18.6 Å². The largest absolute Gasteiger partial charge is 0.415 e. The molecule has 182 valence electrons. The predicted octanol–water partition coefficient (Wildman–Crippen LogP) is 4.24. The minimum atomic E-state index is -3.96. The highest BCUT2D eigenvalue weighted by molar-refractivity contribution is 7.87. The van der Waals surface area contributed by atoms with Crippen molar-refractivity contribution in [3.8, 4) is 11.5 Å². The van der Waals surface area contributed by atoms with Crippen molar-refractivity contribution < 1.29 is 31.8 Å². The number of hydrogen-bond acceptors (Lipinski definition) is 8. The van der Waals surface area contributed by atoms with Crippen LogP contribution in [0.25, 0.3) is 0 Å². The van der Waals surface area contributed by atoms with E-state index in [0.29, 0.717) is 6.54 Å². The molecule has 0 aromatic heterocycles. The van der Waals surface area contributed by atoms with E-state index in [1.807, 2.05) is 6.92 Å². The van der Waals surface area contributed by atoms with Crippen LogP contribution in [0.3, 0.4) is 0 Å². The van der Waals surface area contributed by atoms with Crippen molar-refractivity contribution in [1.29, 1.82) is 0 Å². The van der Waals surface area contributed by atoms with Crippen LogP contribution < -0.4 is 8.92 Å². The number of nitrogens with zero attached hydrogens (tertiary/aromatic N) is 2. The molecule has 10 nitrogen and oxygen atoms in total. The molecule has 0 radical (unpaired) electrons. The SMILES string of the molecule is Cc1ccc(S(=O)(=O)Oc2ccc([C@H]3CN(C(=O)Oc4ccc([N+](=O)[O-])cc4)CCO3)cc2)cc1. The summed E-state index contributed by atoms with van der Waals surface area (Å²) in [5.74, 6) is 0.347. The Bertz CT molecular complexity index is 1310. The summed E-state index contributed by atoms with van der Waals surface area (Å²) in [7, 11) is -3.96. The van der Waals surface area contributed by atoms with Crippen molar-refractivity contribution >= 4 is 21.9 Å². The van der Waals surface area contributed by atoms with Crippen LogP contribution in [-0.2, 0) is 14.9 Å².